The number of aliphatic hydroxyl groups excluding tert-OH is 1. The number of aliphatic hydroxyl groups is 1. The molecule has 21 heavy (non-hydrogen) atoms. The number of rotatable bonds is 7. The van der Waals surface area contributed by atoms with Gasteiger partial charge in [0, 0.05) is 13.2 Å². The summed E-state index contributed by atoms with van der Waals surface area (Å²) in [4.78, 5) is 11.8. The minimum absolute atomic E-state index is 0.0757. The summed E-state index contributed by atoms with van der Waals surface area (Å²) in [5, 5.41) is 12.3. The second-order valence-electron chi connectivity index (χ2n) is 5.77. The zero-order valence-electron chi connectivity index (χ0n) is 12.5. The van der Waals surface area contributed by atoms with E-state index >= 15 is 0 Å². The van der Waals surface area contributed by atoms with E-state index in [0.29, 0.717) is 25.0 Å². The fourth-order valence-corrected chi connectivity index (χ4v) is 2.93. The largest absolute Gasteiger partial charge is 0.396 e. The van der Waals surface area contributed by atoms with Crippen molar-refractivity contribution in [3.8, 4) is 0 Å². The van der Waals surface area contributed by atoms with Crippen LogP contribution in [0.4, 0.5) is 0 Å². The summed E-state index contributed by atoms with van der Waals surface area (Å²) in [6.07, 6.45) is 4.55. The lowest BCUT2D eigenvalue weighted by atomic mass is 9.79. The molecule has 1 amide bonds. The zero-order chi connectivity index (χ0) is 14.9. The van der Waals surface area contributed by atoms with Gasteiger partial charge in [-0.1, -0.05) is 43.2 Å². The van der Waals surface area contributed by atoms with Gasteiger partial charge in [-0.3, -0.25) is 4.79 Å². The van der Waals surface area contributed by atoms with E-state index in [9.17, 15) is 9.90 Å². The molecular formula is C17H25NO3. The highest BCUT2D eigenvalue weighted by atomic mass is 16.5. The lowest BCUT2D eigenvalue weighted by Gasteiger charge is -2.30. The van der Waals surface area contributed by atoms with Crippen molar-refractivity contribution in [1.29, 1.82) is 0 Å². The van der Waals surface area contributed by atoms with E-state index in [1.54, 1.807) is 0 Å². The third kappa shape index (κ3) is 5.48. The lowest BCUT2D eigenvalue weighted by molar-refractivity contribution is -0.126. The molecule has 1 fully saturated rings. The summed E-state index contributed by atoms with van der Waals surface area (Å²) < 4.78 is 5.41. The highest BCUT2D eigenvalue weighted by molar-refractivity contribution is 5.77. The van der Waals surface area contributed by atoms with Crippen LogP contribution in [-0.4, -0.2) is 30.8 Å². The zero-order valence-corrected chi connectivity index (χ0v) is 12.5. The molecule has 0 spiro atoms. The summed E-state index contributed by atoms with van der Waals surface area (Å²) in [5.74, 6) is 0.666. The van der Waals surface area contributed by atoms with Crippen LogP contribution in [0.15, 0.2) is 30.3 Å². The maximum absolute atomic E-state index is 11.8. The van der Waals surface area contributed by atoms with E-state index in [1.807, 2.05) is 30.3 Å². The van der Waals surface area contributed by atoms with Crippen LogP contribution in [0, 0.1) is 11.8 Å². The van der Waals surface area contributed by atoms with Crippen molar-refractivity contribution in [1.82, 2.24) is 5.32 Å². The molecule has 1 saturated carbocycles. The molecule has 0 radical (unpaired) electrons. The van der Waals surface area contributed by atoms with Gasteiger partial charge in [0.15, 0.2) is 0 Å². The fraction of sp³-hybridized carbons (Fsp3) is 0.588. The van der Waals surface area contributed by atoms with Gasteiger partial charge in [-0.2, -0.15) is 0 Å². The molecule has 0 saturated heterocycles. The third-order valence-corrected chi connectivity index (χ3v) is 4.21. The first-order valence-electron chi connectivity index (χ1n) is 7.79. The molecule has 0 heterocycles. The molecule has 1 aromatic rings. The lowest BCUT2D eigenvalue weighted by Crippen LogP contribution is -2.37. The minimum atomic E-state index is -0.0757. The van der Waals surface area contributed by atoms with Crippen LogP contribution >= 0.6 is 0 Å². The second kappa shape index (κ2) is 8.80. The summed E-state index contributed by atoms with van der Waals surface area (Å²) in [7, 11) is 0. The Bertz CT molecular complexity index is 421. The van der Waals surface area contributed by atoms with Gasteiger partial charge in [-0.05, 0) is 30.2 Å². The van der Waals surface area contributed by atoms with Crippen LogP contribution in [-0.2, 0) is 16.1 Å². The van der Waals surface area contributed by atoms with Crippen LogP contribution < -0.4 is 5.32 Å². The Balaban J connectivity index is 1.63. The van der Waals surface area contributed by atoms with Gasteiger partial charge in [0.25, 0.3) is 0 Å². The Labute approximate surface area is 126 Å². The Morgan fingerprint density at radius 1 is 1.19 bits per heavy atom. The van der Waals surface area contributed by atoms with E-state index in [0.717, 1.165) is 18.4 Å². The highest BCUT2D eigenvalue weighted by Crippen LogP contribution is 2.28. The van der Waals surface area contributed by atoms with E-state index < -0.39 is 0 Å². The van der Waals surface area contributed by atoms with Gasteiger partial charge in [-0.15, -0.1) is 0 Å². The Hall–Kier alpha value is -1.39. The van der Waals surface area contributed by atoms with Crippen LogP contribution in [0.25, 0.3) is 0 Å². The summed E-state index contributed by atoms with van der Waals surface area (Å²) in [6.45, 7) is 1.42. The Morgan fingerprint density at radius 2 is 1.90 bits per heavy atom. The quantitative estimate of drug-likeness (QED) is 0.809. The van der Waals surface area contributed by atoms with Gasteiger partial charge in [0.05, 0.1) is 6.61 Å². The van der Waals surface area contributed by atoms with Crippen LogP contribution in [0.2, 0.25) is 0 Å². The van der Waals surface area contributed by atoms with Crippen molar-refractivity contribution in [2.45, 2.75) is 32.3 Å². The number of nitrogens with one attached hydrogen (secondary N) is 1. The first kappa shape index (κ1) is 16.0. The van der Waals surface area contributed by atoms with E-state index in [4.69, 9.17) is 4.74 Å². The Morgan fingerprint density at radius 3 is 2.62 bits per heavy atom. The molecule has 2 rings (SSSR count). The van der Waals surface area contributed by atoms with Crippen molar-refractivity contribution >= 4 is 5.91 Å². The normalized spacial score (nSPS) is 22.0. The molecule has 1 aliphatic carbocycles. The predicted octanol–water partition coefficient (Wildman–Crippen LogP) is 2.12. The van der Waals surface area contributed by atoms with Crippen molar-refractivity contribution < 1.29 is 14.6 Å². The number of carbonyl (C=O) groups excluding carboxylic acids is 1. The molecule has 0 aromatic heterocycles. The number of amides is 1. The number of carbonyl (C=O) groups is 1. The third-order valence-electron chi connectivity index (χ3n) is 4.21. The monoisotopic (exact) mass is 291 g/mol. The molecule has 116 valence electrons. The number of benzene rings is 1. The number of hydrogen-bond donors (Lipinski definition) is 2. The van der Waals surface area contributed by atoms with Crippen LogP contribution in [0.1, 0.15) is 31.2 Å². The van der Waals surface area contributed by atoms with Crippen LogP contribution in [0.3, 0.4) is 0 Å². The summed E-state index contributed by atoms with van der Waals surface area (Å²) in [5.41, 5.74) is 1.07. The highest BCUT2D eigenvalue weighted by Gasteiger charge is 2.24. The summed E-state index contributed by atoms with van der Waals surface area (Å²) in [6, 6.07) is 9.82. The average Bonchev–Trinajstić information content (AvgIpc) is 2.54. The molecule has 2 N–H and O–H groups in total. The molecule has 1 aromatic carbocycles. The average molecular weight is 291 g/mol. The molecule has 2 unspecified atom stereocenters. The fourth-order valence-electron chi connectivity index (χ4n) is 2.93. The molecule has 1 aliphatic rings. The minimum Gasteiger partial charge on any atom is -0.396 e. The van der Waals surface area contributed by atoms with Crippen LogP contribution in [0.5, 0.6) is 0 Å². The van der Waals surface area contributed by atoms with Crippen molar-refractivity contribution in [2.24, 2.45) is 11.8 Å². The van der Waals surface area contributed by atoms with Gasteiger partial charge in [-0.25, -0.2) is 0 Å². The van der Waals surface area contributed by atoms with E-state index in [-0.39, 0.29) is 19.1 Å². The first-order chi connectivity index (χ1) is 10.3. The van der Waals surface area contributed by atoms with Crippen molar-refractivity contribution in [3.63, 3.8) is 0 Å². The molecule has 4 nitrogen and oxygen atoms in total. The number of hydrogen-bond acceptors (Lipinski definition) is 3. The van der Waals surface area contributed by atoms with Gasteiger partial charge in [0.2, 0.25) is 5.91 Å². The SMILES string of the molecule is O=C(COCc1ccccc1)NCC1CCCCC1CO. The molecule has 0 aliphatic heterocycles. The molecule has 0 bridgehead atoms. The number of ether oxygens (including phenoxy) is 1. The van der Waals surface area contributed by atoms with Gasteiger partial charge < -0.3 is 15.2 Å². The second-order valence-corrected chi connectivity index (χ2v) is 5.77. The van der Waals surface area contributed by atoms with Crippen molar-refractivity contribution in [3.05, 3.63) is 35.9 Å². The first-order valence-corrected chi connectivity index (χ1v) is 7.79. The standard InChI is InChI=1S/C17H25NO3/c19-11-16-9-5-4-8-15(16)10-18-17(20)13-21-12-14-6-2-1-3-7-14/h1-3,6-7,15-16,19H,4-5,8-13H2,(H,18,20). The molecule has 4 heteroatoms. The van der Waals surface area contributed by atoms with Gasteiger partial charge in [0.1, 0.15) is 6.61 Å². The maximum atomic E-state index is 11.8. The van der Waals surface area contributed by atoms with E-state index in [1.165, 1.54) is 12.8 Å². The molecular weight excluding hydrogens is 266 g/mol. The summed E-state index contributed by atoms with van der Waals surface area (Å²) >= 11 is 0. The van der Waals surface area contributed by atoms with Crippen molar-refractivity contribution in [2.75, 3.05) is 19.8 Å². The Kier molecular flexibility index (Phi) is 6.70. The van der Waals surface area contributed by atoms with Gasteiger partial charge >= 0.3 is 0 Å². The molecule has 2 atom stereocenters. The van der Waals surface area contributed by atoms with E-state index in [2.05, 4.69) is 5.32 Å². The predicted molar refractivity (Wildman–Crippen MR) is 81.6 cm³/mol. The topological polar surface area (TPSA) is 58.6 Å². The smallest absolute Gasteiger partial charge is 0.246 e. The maximum Gasteiger partial charge on any atom is 0.246 e.